The molecule has 1 aromatic carbocycles. The molecule has 0 spiro atoms. The second-order valence-corrected chi connectivity index (χ2v) is 4.69. The lowest BCUT2D eigenvalue weighted by Gasteiger charge is -2.20. The zero-order valence-electron chi connectivity index (χ0n) is 10.8. The fourth-order valence-electron chi connectivity index (χ4n) is 1.54. The topological polar surface area (TPSA) is 46.6 Å². The largest absolute Gasteiger partial charge is 0.469 e. The number of carbonyl (C=O) groups excluding carboxylic acids is 2. The number of amides is 1. The third-order valence-corrected chi connectivity index (χ3v) is 3.26. The maximum Gasteiger partial charge on any atom is 0.307 e. The molecule has 4 nitrogen and oxygen atoms in total. The van der Waals surface area contributed by atoms with Gasteiger partial charge in [0.25, 0.3) is 5.91 Å². The van der Waals surface area contributed by atoms with Crippen molar-refractivity contribution in [3.05, 3.63) is 34.1 Å². The third kappa shape index (κ3) is 4.31. The minimum Gasteiger partial charge on any atom is -0.469 e. The van der Waals surface area contributed by atoms with Crippen molar-refractivity contribution in [2.24, 2.45) is 0 Å². The molecule has 1 aromatic rings. The summed E-state index contributed by atoms with van der Waals surface area (Å²) in [4.78, 5) is 24.8. The van der Waals surface area contributed by atoms with E-state index in [1.165, 1.54) is 30.2 Å². The van der Waals surface area contributed by atoms with Crippen molar-refractivity contribution in [2.75, 3.05) is 20.2 Å². The molecular weight excluding hydrogens is 317 g/mol. The number of ether oxygens (including phenoxy) is 1. The molecule has 0 aliphatic carbocycles. The summed E-state index contributed by atoms with van der Waals surface area (Å²) in [6, 6.07) is 4.08. The van der Waals surface area contributed by atoms with Crippen molar-refractivity contribution in [3.8, 4) is 0 Å². The van der Waals surface area contributed by atoms with Crippen molar-refractivity contribution >= 4 is 27.8 Å². The highest BCUT2D eigenvalue weighted by atomic mass is 79.9. The number of methoxy groups -OCH3 is 1. The van der Waals surface area contributed by atoms with Crippen LogP contribution in [0.15, 0.2) is 22.7 Å². The molecule has 0 radical (unpaired) electrons. The molecule has 0 saturated heterocycles. The van der Waals surface area contributed by atoms with E-state index in [9.17, 15) is 14.0 Å². The van der Waals surface area contributed by atoms with Gasteiger partial charge in [-0.25, -0.2) is 4.39 Å². The maximum atomic E-state index is 13.1. The first kappa shape index (κ1) is 15.6. The minimum absolute atomic E-state index is 0.137. The molecule has 0 aliphatic rings. The second-order valence-electron chi connectivity index (χ2n) is 3.84. The summed E-state index contributed by atoms with van der Waals surface area (Å²) in [5.74, 6) is -1.03. The van der Waals surface area contributed by atoms with E-state index in [0.717, 1.165) is 0 Å². The van der Waals surface area contributed by atoms with Crippen molar-refractivity contribution in [3.63, 3.8) is 0 Å². The average molecular weight is 332 g/mol. The zero-order chi connectivity index (χ0) is 14.4. The fraction of sp³-hybridized carbons (Fsp3) is 0.385. The summed E-state index contributed by atoms with van der Waals surface area (Å²) in [5.41, 5.74) is 0.375. The van der Waals surface area contributed by atoms with Gasteiger partial charge in [-0.1, -0.05) is 0 Å². The fourth-order valence-corrected chi connectivity index (χ4v) is 1.92. The van der Waals surface area contributed by atoms with Crippen LogP contribution in [0, 0.1) is 5.82 Å². The number of esters is 1. The number of hydrogen-bond donors (Lipinski definition) is 0. The standard InChI is InChI=1S/C13H15BrFNO3/c1-3-16(7-6-12(17)19-2)13(18)9-4-5-11(15)10(14)8-9/h4-5,8H,3,6-7H2,1-2H3. The Kier molecular flexibility index (Phi) is 5.95. The van der Waals surface area contributed by atoms with Crippen LogP contribution >= 0.6 is 15.9 Å². The van der Waals surface area contributed by atoms with E-state index in [-0.39, 0.29) is 29.3 Å². The number of rotatable bonds is 5. The molecule has 0 unspecified atom stereocenters. The SMILES string of the molecule is CCN(CCC(=O)OC)C(=O)c1ccc(F)c(Br)c1. The molecule has 19 heavy (non-hydrogen) atoms. The monoisotopic (exact) mass is 331 g/mol. The predicted molar refractivity (Wildman–Crippen MR) is 72.3 cm³/mol. The van der Waals surface area contributed by atoms with Gasteiger partial charge in [-0.05, 0) is 41.1 Å². The Morgan fingerprint density at radius 3 is 2.63 bits per heavy atom. The number of nitrogens with zero attached hydrogens (tertiary/aromatic N) is 1. The van der Waals surface area contributed by atoms with Gasteiger partial charge in [0, 0.05) is 18.7 Å². The quantitative estimate of drug-likeness (QED) is 0.779. The molecular formula is C13H15BrFNO3. The Hall–Kier alpha value is -1.43. The third-order valence-electron chi connectivity index (χ3n) is 2.65. The van der Waals surface area contributed by atoms with Crippen LogP contribution in [-0.4, -0.2) is 37.0 Å². The molecule has 1 amide bonds. The second kappa shape index (κ2) is 7.23. The van der Waals surface area contributed by atoms with Crippen LogP contribution in [0.25, 0.3) is 0 Å². The summed E-state index contributed by atoms with van der Waals surface area (Å²) in [5, 5.41) is 0. The number of carbonyl (C=O) groups is 2. The van der Waals surface area contributed by atoms with Crippen molar-refractivity contribution in [2.45, 2.75) is 13.3 Å². The van der Waals surface area contributed by atoms with E-state index >= 15 is 0 Å². The first-order chi connectivity index (χ1) is 8.99. The summed E-state index contributed by atoms with van der Waals surface area (Å²) in [6.07, 6.45) is 0.137. The van der Waals surface area contributed by atoms with Crippen LogP contribution in [0.5, 0.6) is 0 Å². The van der Waals surface area contributed by atoms with Crippen LogP contribution in [0.4, 0.5) is 4.39 Å². The summed E-state index contributed by atoms with van der Waals surface area (Å²) < 4.78 is 17.9. The first-order valence-corrected chi connectivity index (χ1v) is 6.60. The van der Waals surface area contributed by atoms with Crippen LogP contribution in [0.2, 0.25) is 0 Å². The molecule has 1 rings (SSSR count). The Morgan fingerprint density at radius 2 is 2.11 bits per heavy atom. The van der Waals surface area contributed by atoms with Gasteiger partial charge in [0.2, 0.25) is 0 Å². The molecule has 0 fully saturated rings. The Balaban J connectivity index is 2.77. The summed E-state index contributed by atoms with van der Waals surface area (Å²) >= 11 is 3.04. The molecule has 0 aromatic heterocycles. The van der Waals surface area contributed by atoms with Gasteiger partial charge in [-0.3, -0.25) is 9.59 Å². The molecule has 0 N–H and O–H groups in total. The smallest absolute Gasteiger partial charge is 0.307 e. The molecule has 0 atom stereocenters. The number of hydrogen-bond acceptors (Lipinski definition) is 3. The number of benzene rings is 1. The van der Waals surface area contributed by atoms with Gasteiger partial charge in [0.15, 0.2) is 0 Å². The molecule has 0 heterocycles. The first-order valence-electron chi connectivity index (χ1n) is 5.80. The Bertz CT molecular complexity index is 479. The van der Waals surface area contributed by atoms with Gasteiger partial charge in [0.1, 0.15) is 5.82 Å². The predicted octanol–water partition coefficient (Wildman–Crippen LogP) is 2.61. The average Bonchev–Trinajstić information content (AvgIpc) is 2.41. The van der Waals surface area contributed by atoms with Crippen LogP contribution in [0.1, 0.15) is 23.7 Å². The van der Waals surface area contributed by atoms with E-state index < -0.39 is 5.82 Å². The van der Waals surface area contributed by atoms with Gasteiger partial charge in [-0.15, -0.1) is 0 Å². The zero-order valence-corrected chi connectivity index (χ0v) is 12.4. The van der Waals surface area contributed by atoms with Crippen LogP contribution in [0.3, 0.4) is 0 Å². The lowest BCUT2D eigenvalue weighted by molar-refractivity contribution is -0.140. The van der Waals surface area contributed by atoms with Gasteiger partial charge >= 0.3 is 5.97 Å². The Labute approximate surface area is 119 Å². The summed E-state index contributed by atoms with van der Waals surface area (Å²) in [6.45, 7) is 2.55. The minimum atomic E-state index is -0.422. The van der Waals surface area contributed by atoms with E-state index in [1.807, 2.05) is 6.92 Å². The normalized spacial score (nSPS) is 10.1. The van der Waals surface area contributed by atoms with E-state index in [1.54, 1.807) is 0 Å². The van der Waals surface area contributed by atoms with E-state index in [4.69, 9.17) is 0 Å². The highest BCUT2D eigenvalue weighted by Gasteiger charge is 2.16. The molecule has 0 aliphatic heterocycles. The molecule has 0 bridgehead atoms. The van der Waals surface area contributed by atoms with Gasteiger partial charge < -0.3 is 9.64 Å². The van der Waals surface area contributed by atoms with Crippen molar-refractivity contribution < 1.29 is 18.7 Å². The van der Waals surface area contributed by atoms with Crippen LogP contribution in [-0.2, 0) is 9.53 Å². The summed E-state index contributed by atoms with van der Waals surface area (Å²) in [7, 11) is 1.30. The highest BCUT2D eigenvalue weighted by Crippen LogP contribution is 2.18. The van der Waals surface area contributed by atoms with Crippen LogP contribution < -0.4 is 0 Å². The van der Waals surface area contributed by atoms with Gasteiger partial charge in [0.05, 0.1) is 18.0 Å². The number of halogens is 2. The van der Waals surface area contributed by atoms with Crippen molar-refractivity contribution in [1.29, 1.82) is 0 Å². The maximum absolute atomic E-state index is 13.1. The molecule has 6 heteroatoms. The molecule has 0 saturated carbocycles. The molecule has 104 valence electrons. The van der Waals surface area contributed by atoms with Crippen molar-refractivity contribution in [1.82, 2.24) is 4.90 Å². The lowest BCUT2D eigenvalue weighted by Crippen LogP contribution is -2.33. The lowest BCUT2D eigenvalue weighted by atomic mass is 10.2. The van der Waals surface area contributed by atoms with Gasteiger partial charge in [-0.2, -0.15) is 0 Å². The van der Waals surface area contributed by atoms with E-state index in [2.05, 4.69) is 20.7 Å². The highest BCUT2D eigenvalue weighted by molar-refractivity contribution is 9.10. The van der Waals surface area contributed by atoms with E-state index in [0.29, 0.717) is 12.1 Å². The Morgan fingerprint density at radius 1 is 1.42 bits per heavy atom.